The monoisotopic (exact) mass is 211 g/mol. The number of hydrogen-bond acceptors (Lipinski definition) is 4. The zero-order valence-corrected chi connectivity index (χ0v) is 9.17. The quantitative estimate of drug-likeness (QED) is 0.596. The molecule has 4 nitrogen and oxygen atoms in total. The zero-order chi connectivity index (χ0) is 10.9. The molecular weight excluding hydrogens is 190 g/mol. The molecule has 4 heteroatoms. The summed E-state index contributed by atoms with van der Waals surface area (Å²) in [7, 11) is 0. The topological polar surface area (TPSA) is 81.1 Å². The van der Waals surface area contributed by atoms with Crippen LogP contribution in [0.1, 0.15) is 38.5 Å². The van der Waals surface area contributed by atoms with Crippen LogP contribution in [-0.4, -0.2) is 30.0 Å². The van der Waals surface area contributed by atoms with E-state index >= 15 is 0 Å². The van der Waals surface area contributed by atoms with Crippen molar-refractivity contribution >= 4 is 5.78 Å². The molecule has 2 unspecified atom stereocenters. The molecule has 86 valence electrons. The Bertz CT molecular complexity index is 250. The second kappa shape index (κ2) is 4.20. The number of ketones is 1. The van der Waals surface area contributed by atoms with E-state index in [0.717, 1.165) is 45.1 Å². The standard InChI is InChI=1S/C11H21N3O/c12-9-5-1-2-6-11(9,13)10(15)8-4-3-7-14-8/h8-9,14H,1-7,12-13H2/t8-,9?,11?/m1/s1. The Morgan fingerprint density at radius 2 is 2.07 bits per heavy atom. The summed E-state index contributed by atoms with van der Waals surface area (Å²) < 4.78 is 0. The van der Waals surface area contributed by atoms with Crippen LogP contribution in [0.5, 0.6) is 0 Å². The van der Waals surface area contributed by atoms with Crippen molar-refractivity contribution in [2.75, 3.05) is 6.54 Å². The van der Waals surface area contributed by atoms with Crippen molar-refractivity contribution in [3.05, 3.63) is 0 Å². The van der Waals surface area contributed by atoms with Gasteiger partial charge in [0.25, 0.3) is 0 Å². The van der Waals surface area contributed by atoms with E-state index in [-0.39, 0.29) is 17.9 Å². The average molecular weight is 211 g/mol. The van der Waals surface area contributed by atoms with E-state index in [1.807, 2.05) is 0 Å². The summed E-state index contributed by atoms with van der Waals surface area (Å²) in [6.07, 6.45) is 5.76. The third-order valence-corrected chi connectivity index (χ3v) is 3.85. The highest BCUT2D eigenvalue weighted by Gasteiger charge is 2.44. The Balaban J connectivity index is 2.08. The molecule has 2 aliphatic rings. The van der Waals surface area contributed by atoms with Crippen LogP contribution in [0.2, 0.25) is 0 Å². The van der Waals surface area contributed by atoms with Crippen LogP contribution in [0, 0.1) is 0 Å². The van der Waals surface area contributed by atoms with Gasteiger partial charge in [-0.25, -0.2) is 0 Å². The van der Waals surface area contributed by atoms with Crippen molar-refractivity contribution in [1.29, 1.82) is 0 Å². The minimum absolute atomic E-state index is 0.0425. The van der Waals surface area contributed by atoms with E-state index in [9.17, 15) is 4.79 Å². The van der Waals surface area contributed by atoms with Crippen LogP contribution in [0.4, 0.5) is 0 Å². The molecule has 3 atom stereocenters. The van der Waals surface area contributed by atoms with Crippen molar-refractivity contribution in [3.8, 4) is 0 Å². The summed E-state index contributed by atoms with van der Waals surface area (Å²) >= 11 is 0. The van der Waals surface area contributed by atoms with Crippen LogP contribution in [0.25, 0.3) is 0 Å². The molecule has 1 heterocycles. The summed E-state index contributed by atoms with van der Waals surface area (Å²) in [5.41, 5.74) is 11.5. The lowest BCUT2D eigenvalue weighted by molar-refractivity contribution is -0.127. The molecule has 0 aromatic carbocycles. The fraction of sp³-hybridized carbons (Fsp3) is 0.909. The van der Waals surface area contributed by atoms with E-state index in [1.165, 1.54) is 0 Å². The molecule has 0 aromatic heterocycles. The molecule has 0 bridgehead atoms. The number of Topliss-reactive ketones (excluding diaryl/α,β-unsaturated/α-hetero) is 1. The smallest absolute Gasteiger partial charge is 0.171 e. The maximum atomic E-state index is 12.3. The van der Waals surface area contributed by atoms with Crippen LogP contribution in [-0.2, 0) is 4.79 Å². The zero-order valence-electron chi connectivity index (χ0n) is 9.17. The first-order chi connectivity index (χ1) is 7.14. The van der Waals surface area contributed by atoms with Crippen LogP contribution in [0.3, 0.4) is 0 Å². The third-order valence-electron chi connectivity index (χ3n) is 3.85. The van der Waals surface area contributed by atoms with Gasteiger partial charge in [-0.15, -0.1) is 0 Å². The SMILES string of the molecule is NC1CCCCC1(N)C(=O)[C@H]1CCCN1. The van der Waals surface area contributed by atoms with Gasteiger partial charge in [0, 0.05) is 6.04 Å². The minimum Gasteiger partial charge on any atom is -0.326 e. The van der Waals surface area contributed by atoms with Gasteiger partial charge >= 0.3 is 0 Å². The Kier molecular flexibility index (Phi) is 3.09. The maximum absolute atomic E-state index is 12.3. The first kappa shape index (κ1) is 11.0. The summed E-state index contributed by atoms with van der Waals surface area (Å²) in [6, 6.07) is -0.194. The van der Waals surface area contributed by atoms with Gasteiger partial charge in [-0.1, -0.05) is 12.8 Å². The van der Waals surface area contributed by atoms with E-state index < -0.39 is 5.54 Å². The lowest BCUT2D eigenvalue weighted by Gasteiger charge is -2.39. The second-order valence-electron chi connectivity index (χ2n) is 4.91. The first-order valence-electron chi connectivity index (χ1n) is 5.97. The molecule has 1 aliphatic heterocycles. The Morgan fingerprint density at radius 1 is 1.27 bits per heavy atom. The number of carbonyl (C=O) groups excluding carboxylic acids is 1. The van der Waals surface area contributed by atoms with Crippen molar-refractivity contribution in [2.24, 2.45) is 11.5 Å². The van der Waals surface area contributed by atoms with Crippen LogP contribution in [0.15, 0.2) is 0 Å². The van der Waals surface area contributed by atoms with Gasteiger partial charge < -0.3 is 16.8 Å². The Hall–Kier alpha value is -0.450. The molecule has 15 heavy (non-hydrogen) atoms. The highest BCUT2D eigenvalue weighted by atomic mass is 16.1. The minimum atomic E-state index is -0.764. The molecular formula is C11H21N3O. The van der Waals surface area contributed by atoms with Gasteiger partial charge in [0.1, 0.15) is 0 Å². The fourth-order valence-corrected chi connectivity index (χ4v) is 2.76. The van der Waals surface area contributed by atoms with Crippen molar-refractivity contribution in [3.63, 3.8) is 0 Å². The summed E-state index contributed by atoms with van der Waals surface area (Å²) in [5, 5.41) is 3.21. The van der Waals surface area contributed by atoms with Crippen molar-refractivity contribution in [2.45, 2.75) is 56.1 Å². The summed E-state index contributed by atoms with van der Waals surface area (Å²) in [6.45, 7) is 0.932. The van der Waals surface area contributed by atoms with E-state index in [0.29, 0.717) is 0 Å². The number of hydrogen-bond donors (Lipinski definition) is 3. The largest absolute Gasteiger partial charge is 0.326 e. The molecule has 0 spiro atoms. The summed E-state index contributed by atoms with van der Waals surface area (Å²) in [5.74, 6) is 0.146. The average Bonchev–Trinajstić information content (AvgIpc) is 2.74. The number of nitrogens with one attached hydrogen (secondary N) is 1. The molecule has 1 aliphatic carbocycles. The normalized spacial score (nSPS) is 41.7. The second-order valence-corrected chi connectivity index (χ2v) is 4.91. The molecule has 1 saturated heterocycles. The lowest BCUT2D eigenvalue weighted by Crippen LogP contribution is -2.65. The van der Waals surface area contributed by atoms with Gasteiger partial charge in [-0.05, 0) is 32.2 Å². The highest BCUT2D eigenvalue weighted by molar-refractivity contribution is 5.94. The molecule has 5 N–H and O–H groups in total. The van der Waals surface area contributed by atoms with Gasteiger partial charge in [-0.2, -0.15) is 0 Å². The third kappa shape index (κ3) is 1.94. The number of nitrogens with two attached hydrogens (primary N) is 2. The maximum Gasteiger partial charge on any atom is 0.171 e. The predicted molar refractivity (Wildman–Crippen MR) is 59.4 cm³/mol. The van der Waals surface area contributed by atoms with Gasteiger partial charge in [0.15, 0.2) is 5.78 Å². The van der Waals surface area contributed by atoms with Crippen molar-refractivity contribution in [1.82, 2.24) is 5.32 Å². The van der Waals surface area contributed by atoms with Gasteiger partial charge in [-0.3, -0.25) is 4.79 Å². The molecule has 0 amide bonds. The van der Waals surface area contributed by atoms with Gasteiger partial charge in [0.2, 0.25) is 0 Å². The summed E-state index contributed by atoms with van der Waals surface area (Å²) in [4.78, 5) is 12.3. The van der Waals surface area contributed by atoms with E-state index in [2.05, 4.69) is 5.32 Å². The highest BCUT2D eigenvalue weighted by Crippen LogP contribution is 2.28. The molecule has 2 fully saturated rings. The van der Waals surface area contributed by atoms with Gasteiger partial charge in [0.05, 0.1) is 11.6 Å². The fourth-order valence-electron chi connectivity index (χ4n) is 2.76. The Labute approximate surface area is 90.8 Å². The number of carbonyl (C=O) groups is 1. The molecule has 0 aromatic rings. The van der Waals surface area contributed by atoms with Crippen LogP contribution < -0.4 is 16.8 Å². The molecule has 2 rings (SSSR count). The van der Waals surface area contributed by atoms with Crippen LogP contribution >= 0.6 is 0 Å². The lowest BCUT2D eigenvalue weighted by atomic mass is 9.73. The molecule has 0 radical (unpaired) electrons. The molecule has 1 saturated carbocycles. The van der Waals surface area contributed by atoms with E-state index in [4.69, 9.17) is 11.5 Å². The van der Waals surface area contributed by atoms with E-state index in [1.54, 1.807) is 0 Å². The van der Waals surface area contributed by atoms with Crippen molar-refractivity contribution < 1.29 is 4.79 Å². The Morgan fingerprint density at radius 3 is 2.67 bits per heavy atom. The predicted octanol–water partition coefficient (Wildman–Crippen LogP) is -0.0937. The first-order valence-corrected chi connectivity index (χ1v) is 5.97. The number of rotatable bonds is 2.